The van der Waals surface area contributed by atoms with E-state index in [4.69, 9.17) is 0 Å². The first-order valence-corrected chi connectivity index (χ1v) is 8.94. The molecule has 0 radical (unpaired) electrons. The molecule has 3 rings (SSSR count). The Bertz CT molecular complexity index is 647. The lowest BCUT2D eigenvalue weighted by atomic mass is 10.1. The Kier molecular flexibility index (Phi) is 4.55. The van der Waals surface area contributed by atoms with Crippen molar-refractivity contribution in [3.05, 3.63) is 73.5 Å². The molecule has 4 heteroatoms. The molecule has 2 heterocycles. The highest BCUT2D eigenvalue weighted by Crippen LogP contribution is 2.29. The van der Waals surface area contributed by atoms with Gasteiger partial charge in [-0.3, -0.25) is 0 Å². The fourth-order valence-electron chi connectivity index (χ4n) is 2.12. The van der Waals surface area contributed by atoms with Crippen LogP contribution in [-0.4, -0.2) is 0 Å². The van der Waals surface area contributed by atoms with Crippen molar-refractivity contribution in [1.29, 1.82) is 0 Å². The van der Waals surface area contributed by atoms with Crippen LogP contribution in [0.15, 0.2) is 63.8 Å². The van der Waals surface area contributed by atoms with E-state index in [1.165, 1.54) is 9.75 Å². The maximum absolute atomic E-state index is 3.65. The molecule has 0 amide bonds. The summed E-state index contributed by atoms with van der Waals surface area (Å²) in [6.07, 6.45) is 1.02. The third-order valence-corrected chi connectivity index (χ3v) is 5.42. The third-order valence-electron chi connectivity index (χ3n) is 3.04. The molecular formula is C16H14BrNS2. The van der Waals surface area contributed by atoms with Gasteiger partial charge in [0.25, 0.3) is 0 Å². The average molecular weight is 364 g/mol. The third kappa shape index (κ3) is 3.51. The lowest BCUT2D eigenvalue weighted by Crippen LogP contribution is -2.11. The molecule has 0 spiro atoms. The zero-order valence-corrected chi connectivity index (χ0v) is 14.0. The molecule has 0 aliphatic rings. The van der Waals surface area contributed by atoms with Gasteiger partial charge in [0.15, 0.2) is 0 Å². The Morgan fingerprint density at radius 1 is 1.00 bits per heavy atom. The first kappa shape index (κ1) is 13.9. The van der Waals surface area contributed by atoms with Crippen LogP contribution in [0.5, 0.6) is 0 Å². The molecule has 1 atom stereocenters. The summed E-state index contributed by atoms with van der Waals surface area (Å²) in [6, 6.07) is 17.3. The summed E-state index contributed by atoms with van der Waals surface area (Å²) in [5.41, 5.74) is 1.15. The van der Waals surface area contributed by atoms with Crippen molar-refractivity contribution in [2.45, 2.75) is 12.5 Å². The quantitative estimate of drug-likeness (QED) is 0.588. The van der Waals surface area contributed by atoms with Crippen LogP contribution < -0.4 is 5.32 Å². The Hall–Kier alpha value is -1.10. The molecule has 0 bridgehead atoms. The van der Waals surface area contributed by atoms with E-state index in [9.17, 15) is 0 Å². The van der Waals surface area contributed by atoms with Gasteiger partial charge in [-0.1, -0.05) is 34.1 Å². The van der Waals surface area contributed by atoms with E-state index < -0.39 is 0 Å². The highest BCUT2D eigenvalue weighted by Gasteiger charge is 2.14. The van der Waals surface area contributed by atoms with Gasteiger partial charge >= 0.3 is 0 Å². The number of nitrogens with one attached hydrogen (secondary N) is 1. The van der Waals surface area contributed by atoms with Crippen LogP contribution in [0.25, 0.3) is 0 Å². The van der Waals surface area contributed by atoms with Crippen LogP contribution >= 0.6 is 38.6 Å². The zero-order chi connectivity index (χ0) is 13.8. The fraction of sp³-hybridized carbons (Fsp3) is 0.125. The number of halogens is 1. The second-order valence-corrected chi connectivity index (χ2v) is 7.43. The summed E-state index contributed by atoms with van der Waals surface area (Å²) in [5, 5.41) is 7.92. The smallest absolute Gasteiger partial charge is 0.0654 e. The Morgan fingerprint density at radius 3 is 2.55 bits per heavy atom. The van der Waals surface area contributed by atoms with Gasteiger partial charge in [-0.15, -0.1) is 22.7 Å². The van der Waals surface area contributed by atoms with Crippen molar-refractivity contribution in [3.8, 4) is 0 Å². The molecule has 0 saturated heterocycles. The monoisotopic (exact) mass is 363 g/mol. The molecule has 1 aromatic carbocycles. The molecule has 0 saturated carbocycles. The largest absolute Gasteiger partial charge is 0.377 e. The summed E-state index contributed by atoms with van der Waals surface area (Å²) in [6.45, 7) is 0. The van der Waals surface area contributed by atoms with Crippen LogP contribution in [-0.2, 0) is 6.42 Å². The van der Waals surface area contributed by atoms with E-state index in [1.807, 2.05) is 17.4 Å². The maximum Gasteiger partial charge on any atom is 0.0654 e. The highest BCUT2D eigenvalue weighted by molar-refractivity contribution is 9.10. The number of thiophene rings is 2. The minimum Gasteiger partial charge on any atom is -0.377 e. The molecule has 0 fully saturated rings. The SMILES string of the molecule is Brc1cccc(NC(Cc2cccs2)c2cccs2)c1. The summed E-state index contributed by atoms with van der Waals surface area (Å²) in [7, 11) is 0. The van der Waals surface area contributed by atoms with Crippen LogP contribution in [0.3, 0.4) is 0 Å². The minimum atomic E-state index is 0.322. The van der Waals surface area contributed by atoms with Crippen LogP contribution in [0, 0.1) is 0 Å². The van der Waals surface area contributed by atoms with Gasteiger partial charge in [-0.2, -0.15) is 0 Å². The summed E-state index contributed by atoms with van der Waals surface area (Å²) in [4.78, 5) is 2.78. The molecule has 2 aromatic heterocycles. The molecule has 102 valence electrons. The number of hydrogen-bond donors (Lipinski definition) is 1. The summed E-state index contributed by atoms with van der Waals surface area (Å²) < 4.78 is 1.10. The topological polar surface area (TPSA) is 12.0 Å². The standard InChI is InChI=1S/C16H14BrNS2/c17-12-4-1-5-13(10-12)18-15(16-7-3-9-20-16)11-14-6-2-8-19-14/h1-10,15,18H,11H2. The van der Waals surface area contributed by atoms with E-state index >= 15 is 0 Å². The van der Waals surface area contributed by atoms with Gasteiger partial charge in [0, 0.05) is 26.3 Å². The van der Waals surface area contributed by atoms with Gasteiger partial charge in [-0.05, 0) is 41.1 Å². The normalized spacial score (nSPS) is 12.2. The predicted molar refractivity (Wildman–Crippen MR) is 92.8 cm³/mol. The Balaban J connectivity index is 1.82. The van der Waals surface area contributed by atoms with Crippen molar-refractivity contribution in [2.75, 3.05) is 5.32 Å². The van der Waals surface area contributed by atoms with Crippen LogP contribution in [0.4, 0.5) is 5.69 Å². The molecule has 0 aliphatic heterocycles. The van der Waals surface area contributed by atoms with E-state index in [2.05, 4.69) is 74.5 Å². The zero-order valence-electron chi connectivity index (χ0n) is 10.8. The number of anilines is 1. The summed E-state index contributed by atoms with van der Waals surface area (Å²) in [5.74, 6) is 0. The van der Waals surface area contributed by atoms with Crippen molar-refractivity contribution < 1.29 is 0 Å². The van der Waals surface area contributed by atoms with Gasteiger partial charge in [0.05, 0.1) is 6.04 Å². The van der Waals surface area contributed by atoms with Gasteiger partial charge in [-0.25, -0.2) is 0 Å². The van der Waals surface area contributed by atoms with E-state index in [0.29, 0.717) is 6.04 Å². The highest BCUT2D eigenvalue weighted by atomic mass is 79.9. The first-order valence-electron chi connectivity index (χ1n) is 6.39. The van der Waals surface area contributed by atoms with Gasteiger partial charge in [0.2, 0.25) is 0 Å². The number of hydrogen-bond acceptors (Lipinski definition) is 3. The van der Waals surface area contributed by atoms with Crippen molar-refractivity contribution in [3.63, 3.8) is 0 Å². The fourth-order valence-corrected chi connectivity index (χ4v) is 4.05. The van der Waals surface area contributed by atoms with Gasteiger partial charge in [0.1, 0.15) is 0 Å². The lowest BCUT2D eigenvalue weighted by molar-refractivity contribution is 0.802. The van der Waals surface area contributed by atoms with Crippen molar-refractivity contribution in [2.24, 2.45) is 0 Å². The first-order chi connectivity index (χ1) is 9.81. The van der Waals surface area contributed by atoms with Crippen molar-refractivity contribution in [1.82, 2.24) is 0 Å². The van der Waals surface area contributed by atoms with E-state index in [-0.39, 0.29) is 0 Å². The molecule has 1 N–H and O–H groups in total. The Labute approximate surface area is 135 Å². The second-order valence-electron chi connectivity index (χ2n) is 4.51. The van der Waals surface area contributed by atoms with Crippen LogP contribution in [0.2, 0.25) is 0 Å². The van der Waals surface area contributed by atoms with E-state index in [1.54, 1.807) is 11.3 Å². The molecule has 3 aromatic rings. The van der Waals surface area contributed by atoms with E-state index in [0.717, 1.165) is 16.6 Å². The van der Waals surface area contributed by atoms with Gasteiger partial charge < -0.3 is 5.32 Å². The summed E-state index contributed by atoms with van der Waals surface area (Å²) >= 11 is 7.15. The minimum absolute atomic E-state index is 0.322. The average Bonchev–Trinajstić information content (AvgIpc) is 3.11. The molecule has 1 unspecified atom stereocenters. The number of rotatable bonds is 5. The maximum atomic E-state index is 3.65. The lowest BCUT2D eigenvalue weighted by Gasteiger charge is -2.18. The molecular weight excluding hydrogens is 350 g/mol. The molecule has 20 heavy (non-hydrogen) atoms. The molecule has 1 nitrogen and oxygen atoms in total. The van der Waals surface area contributed by atoms with Crippen molar-refractivity contribution >= 4 is 44.3 Å². The number of benzene rings is 1. The predicted octanol–water partition coefficient (Wildman–Crippen LogP) is 5.97. The molecule has 0 aliphatic carbocycles. The second kappa shape index (κ2) is 6.57. The van der Waals surface area contributed by atoms with Crippen LogP contribution in [0.1, 0.15) is 15.8 Å². The Morgan fingerprint density at radius 2 is 1.85 bits per heavy atom.